The van der Waals surface area contributed by atoms with E-state index in [0.29, 0.717) is 71.0 Å². The summed E-state index contributed by atoms with van der Waals surface area (Å²) in [5.74, 6) is 2.79. The first-order chi connectivity index (χ1) is 22.8. The van der Waals surface area contributed by atoms with Crippen molar-refractivity contribution in [3.63, 3.8) is 0 Å². The summed E-state index contributed by atoms with van der Waals surface area (Å²) >= 11 is 0. The normalized spacial score (nSPS) is 13.3. The fourth-order valence-corrected chi connectivity index (χ4v) is 5.62. The van der Waals surface area contributed by atoms with Crippen molar-refractivity contribution in [2.45, 2.75) is 26.3 Å². The number of fused-ring (bicyclic) bond motifs is 1. The number of pyridine rings is 3. The second-order valence-electron chi connectivity index (χ2n) is 11.4. The number of benzene rings is 2. The van der Waals surface area contributed by atoms with Crippen LogP contribution < -0.4 is 30.3 Å². The van der Waals surface area contributed by atoms with Gasteiger partial charge in [0.05, 0.1) is 25.9 Å². The van der Waals surface area contributed by atoms with E-state index in [1.54, 1.807) is 57.8 Å². The van der Waals surface area contributed by atoms with Crippen LogP contribution in [0, 0.1) is 12.8 Å². The second-order valence-corrected chi connectivity index (χ2v) is 11.4. The molecule has 1 amide bonds. The molecule has 0 atom stereocenters. The lowest BCUT2D eigenvalue weighted by Crippen LogP contribution is -2.27. The number of carbonyl (C=O) groups is 1. The number of aromatic nitrogens is 3. The first kappa shape index (κ1) is 31.6. The zero-order valence-electron chi connectivity index (χ0n) is 26.8. The maximum absolute atomic E-state index is 13.7. The Morgan fingerprint density at radius 2 is 1.70 bits per heavy atom. The number of nitrogens with zero attached hydrogens (tertiary/aromatic N) is 3. The third-order valence-corrected chi connectivity index (χ3v) is 8.23. The maximum atomic E-state index is 13.7. The SMILES string of the molecule is CNc1cc(Oc2ccc(NC(=O)c3cn(CC4CCOCC4)cc(-c4ccc(C)cc4)c3=O)nc2)c2cc(OC)c(OC)cc2n1. The van der Waals surface area contributed by atoms with Gasteiger partial charge in [-0.25, -0.2) is 9.97 Å². The molecule has 3 aromatic heterocycles. The van der Waals surface area contributed by atoms with E-state index in [2.05, 4.69) is 20.6 Å². The molecule has 242 valence electrons. The van der Waals surface area contributed by atoms with E-state index in [1.807, 2.05) is 42.0 Å². The van der Waals surface area contributed by atoms with Crippen LogP contribution in [0.5, 0.6) is 23.0 Å². The largest absolute Gasteiger partial charge is 0.493 e. The van der Waals surface area contributed by atoms with E-state index in [1.165, 1.54) is 6.20 Å². The standard InChI is InChI=1S/C36H37N5O6/c1-22-5-7-24(8-6-22)27-20-41(19-23-11-13-46-14-12-23)21-28(35(27)42)36(43)40-33-10-9-25(18-38-33)47-30-17-34(37-2)39-29-16-32(45-4)31(44-3)15-26(29)30/h5-10,15-18,20-21,23H,11-14,19H2,1-4H3,(H,37,39)(H,38,40,43). The number of hydrogen-bond donors (Lipinski definition) is 2. The van der Waals surface area contributed by atoms with Gasteiger partial charge in [0.15, 0.2) is 11.5 Å². The lowest BCUT2D eigenvalue weighted by atomic mass is 9.99. The number of methoxy groups -OCH3 is 2. The molecule has 0 saturated carbocycles. The fraction of sp³-hybridized carbons (Fsp3) is 0.278. The molecular formula is C36H37N5O6. The highest BCUT2D eigenvalue weighted by atomic mass is 16.5. The Hall–Kier alpha value is -5.42. The molecule has 1 fully saturated rings. The second kappa shape index (κ2) is 13.9. The first-order valence-corrected chi connectivity index (χ1v) is 15.4. The highest BCUT2D eigenvalue weighted by molar-refractivity contribution is 6.04. The van der Waals surface area contributed by atoms with Crippen LogP contribution in [0.3, 0.4) is 0 Å². The number of nitrogens with one attached hydrogen (secondary N) is 2. The molecule has 0 spiro atoms. The molecule has 4 heterocycles. The number of aryl methyl sites for hydroxylation is 1. The Bertz CT molecular complexity index is 1950. The van der Waals surface area contributed by atoms with Crippen molar-refractivity contribution in [1.29, 1.82) is 0 Å². The first-order valence-electron chi connectivity index (χ1n) is 15.4. The van der Waals surface area contributed by atoms with Crippen molar-refractivity contribution in [2.75, 3.05) is 45.1 Å². The molecule has 0 unspecified atom stereocenters. The number of carbonyl (C=O) groups excluding carboxylic acids is 1. The predicted octanol–water partition coefficient (Wildman–Crippen LogP) is 6.30. The Labute approximate surface area is 272 Å². The summed E-state index contributed by atoms with van der Waals surface area (Å²) in [7, 11) is 4.91. The lowest BCUT2D eigenvalue weighted by Gasteiger charge is -2.23. The molecule has 0 bridgehead atoms. The summed E-state index contributed by atoms with van der Waals surface area (Å²) in [6, 6.07) is 16.4. The van der Waals surface area contributed by atoms with Gasteiger partial charge in [0.2, 0.25) is 5.43 Å². The Kier molecular flexibility index (Phi) is 9.35. The molecule has 1 saturated heterocycles. The van der Waals surface area contributed by atoms with Gasteiger partial charge < -0.3 is 34.1 Å². The molecule has 2 N–H and O–H groups in total. The van der Waals surface area contributed by atoms with E-state index in [0.717, 1.165) is 24.0 Å². The quantitative estimate of drug-likeness (QED) is 0.182. The minimum atomic E-state index is -0.536. The Balaban J connectivity index is 1.26. The average Bonchev–Trinajstić information content (AvgIpc) is 3.09. The number of anilines is 2. The van der Waals surface area contributed by atoms with Crippen LogP contribution in [0.2, 0.25) is 0 Å². The molecule has 1 aliphatic rings. The Morgan fingerprint density at radius 1 is 0.957 bits per heavy atom. The van der Waals surface area contributed by atoms with E-state index >= 15 is 0 Å². The van der Waals surface area contributed by atoms with Gasteiger partial charge in [0.25, 0.3) is 5.91 Å². The minimum Gasteiger partial charge on any atom is -0.493 e. The van der Waals surface area contributed by atoms with Crippen molar-refractivity contribution in [2.24, 2.45) is 5.92 Å². The highest BCUT2D eigenvalue weighted by Gasteiger charge is 2.20. The number of hydrogen-bond acceptors (Lipinski definition) is 9. The van der Waals surface area contributed by atoms with Gasteiger partial charge in [0, 0.05) is 62.3 Å². The smallest absolute Gasteiger partial charge is 0.262 e. The molecule has 0 radical (unpaired) electrons. The van der Waals surface area contributed by atoms with Crippen LogP contribution in [-0.4, -0.2) is 54.9 Å². The van der Waals surface area contributed by atoms with Crippen molar-refractivity contribution in [3.05, 3.63) is 94.5 Å². The van der Waals surface area contributed by atoms with Crippen molar-refractivity contribution in [3.8, 4) is 34.1 Å². The summed E-state index contributed by atoms with van der Waals surface area (Å²) in [5, 5.41) is 6.55. The van der Waals surface area contributed by atoms with Crippen molar-refractivity contribution >= 4 is 28.4 Å². The fourth-order valence-electron chi connectivity index (χ4n) is 5.62. The van der Waals surface area contributed by atoms with Crippen LogP contribution in [0.15, 0.2) is 78.0 Å². The molecule has 6 rings (SSSR count). The van der Waals surface area contributed by atoms with Gasteiger partial charge in [-0.2, -0.15) is 0 Å². The highest BCUT2D eigenvalue weighted by Crippen LogP contribution is 2.38. The molecule has 11 nitrogen and oxygen atoms in total. The van der Waals surface area contributed by atoms with Gasteiger partial charge >= 0.3 is 0 Å². The third-order valence-electron chi connectivity index (χ3n) is 8.23. The average molecular weight is 636 g/mol. The van der Waals surface area contributed by atoms with Crippen LogP contribution in [0.4, 0.5) is 11.6 Å². The van der Waals surface area contributed by atoms with Gasteiger partial charge in [-0.15, -0.1) is 0 Å². The summed E-state index contributed by atoms with van der Waals surface area (Å²) < 4.78 is 24.6. The summed E-state index contributed by atoms with van der Waals surface area (Å²) in [6.45, 7) is 4.11. The summed E-state index contributed by atoms with van der Waals surface area (Å²) in [5.41, 5.74) is 2.67. The number of rotatable bonds is 10. The van der Waals surface area contributed by atoms with E-state index in [4.69, 9.17) is 18.9 Å². The molecule has 1 aliphatic heterocycles. The molecule has 47 heavy (non-hydrogen) atoms. The summed E-state index contributed by atoms with van der Waals surface area (Å²) in [4.78, 5) is 36.3. The molecule has 5 aromatic rings. The molecule has 2 aromatic carbocycles. The minimum absolute atomic E-state index is 0.0458. The number of ether oxygens (including phenoxy) is 4. The lowest BCUT2D eigenvalue weighted by molar-refractivity contribution is 0.0612. The van der Waals surface area contributed by atoms with Crippen molar-refractivity contribution < 1.29 is 23.7 Å². The van der Waals surface area contributed by atoms with Gasteiger partial charge in [-0.3, -0.25) is 9.59 Å². The van der Waals surface area contributed by atoms with Gasteiger partial charge in [-0.1, -0.05) is 29.8 Å². The zero-order valence-corrected chi connectivity index (χ0v) is 26.8. The van der Waals surface area contributed by atoms with E-state index < -0.39 is 5.91 Å². The Morgan fingerprint density at radius 3 is 2.38 bits per heavy atom. The molecular weight excluding hydrogens is 598 g/mol. The van der Waals surface area contributed by atoms with Crippen LogP contribution in [0.25, 0.3) is 22.0 Å². The maximum Gasteiger partial charge on any atom is 0.262 e. The van der Waals surface area contributed by atoms with Crippen LogP contribution >= 0.6 is 0 Å². The van der Waals surface area contributed by atoms with Crippen molar-refractivity contribution in [1.82, 2.24) is 14.5 Å². The zero-order chi connectivity index (χ0) is 32.9. The third kappa shape index (κ3) is 7.05. The molecule has 0 aliphatic carbocycles. The van der Waals surface area contributed by atoms with Gasteiger partial charge in [0.1, 0.15) is 28.7 Å². The topological polar surface area (TPSA) is 126 Å². The monoisotopic (exact) mass is 635 g/mol. The van der Waals surface area contributed by atoms with Gasteiger partial charge in [-0.05, 0) is 49.4 Å². The van der Waals surface area contributed by atoms with Crippen LogP contribution in [0.1, 0.15) is 28.8 Å². The van der Waals surface area contributed by atoms with E-state index in [9.17, 15) is 9.59 Å². The van der Waals surface area contributed by atoms with Crippen LogP contribution in [-0.2, 0) is 11.3 Å². The van der Waals surface area contributed by atoms with E-state index in [-0.39, 0.29) is 16.8 Å². The predicted molar refractivity (Wildman–Crippen MR) is 181 cm³/mol. The summed E-state index contributed by atoms with van der Waals surface area (Å²) in [6.07, 6.45) is 6.85. The number of amides is 1. The molecule has 11 heteroatoms.